The Morgan fingerprint density at radius 2 is 1.70 bits per heavy atom. The van der Waals surface area contributed by atoms with E-state index in [1.165, 1.54) is 6.07 Å². The van der Waals surface area contributed by atoms with Crippen LogP contribution >= 0.6 is 11.6 Å². The van der Waals surface area contributed by atoms with E-state index in [4.69, 9.17) is 20.8 Å². The van der Waals surface area contributed by atoms with E-state index in [1.807, 2.05) is 31.2 Å². The smallest absolute Gasteiger partial charge is 0.339 e. The Morgan fingerprint density at radius 3 is 2.35 bits per heavy atom. The van der Waals surface area contributed by atoms with Crippen LogP contribution in [0.2, 0.25) is 5.02 Å². The average Bonchev–Trinajstić information content (AvgIpc) is 2.56. The highest BCUT2D eigenvalue weighted by molar-refractivity contribution is 6.30. The third-order valence-corrected chi connectivity index (χ3v) is 3.48. The lowest BCUT2D eigenvalue weighted by atomic mass is 10.1. The summed E-state index contributed by atoms with van der Waals surface area (Å²) in [5, 5.41) is 0.610. The summed E-state index contributed by atoms with van der Waals surface area (Å²) in [7, 11) is 0. The maximum Gasteiger partial charge on any atom is 0.339 e. The van der Waals surface area contributed by atoms with Crippen molar-refractivity contribution in [2.45, 2.75) is 6.92 Å². The predicted octanol–water partition coefficient (Wildman–Crippen LogP) is 4.42. The summed E-state index contributed by atoms with van der Waals surface area (Å²) in [6, 6.07) is 15.7. The quantitative estimate of drug-likeness (QED) is 0.711. The number of ether oxygens (including phenoxy) is 1. The molecule has 0 radical (unpaired) electrons. The number of nitrogens with zero attached hydrogens (tertiary/aromatic N) is 1. The first-order chi connectivity index (χ1) is 11.2. The molecule has 0 fully saturated rings. The van der Waals surface area contributed by atoms with E-state index < -0.39 is 5.63 Å². The van der Waals surface area contributed by atoms with Crippen LogP contribution in [0.4, 0.5) is 0 Å². The van der Waals surface area contributed by atoms with Gasteiger partial charge in [-0.3, -0.25) is 0 Å². The fourth-order valence-electron chi connectivity index (χ4n) is 2.15. The second kappa shape index (κ2) is 6.67. The van der Waals surface area contributed by atoms with E-state index in [-0.39, 0.29) is 5.89 Å². The second-order valence-electron chi connectivity index (χ2n) is 4.83. The largest absolute Gasteiger partial charge is 0.494 e. The molecule has 0 aliphatic carbocycles. The summed E-state index contributed by atoms with van der Waals surface area (Å²) in [5.74, 6) is 1.04. The van der Waals surface area contributed by atoms with Crippen molar-refractivity contribution in [3.63, 3.8) is 0 Å². The lowest BCUT2D eigenvalue weighted by Crippen LogP contribution is -2.02. The van der Waals surface area contributed by atoms with Crippen LogP contribution in [0.5, 0.6) is 5.75 Å². The molecule has 0 aliphatic rings. The van der Waals surface area contributed by atoms with Gasteiger partial charge in [-0.25, -0.2) is 9.78 Å². The van der Waals surface area contributed by atoms with Gasteiger partial charge in [0.15, 0.2) is 0 Å². The molecule has 0 N–H and O–H groups in total. The monoisotopic (exact) mass is 327 g/mol. The van der Waals surface area contributed by atoms with Crippen molar-refractivity contribution in [1.29, 1.82) is 0 Å². The third-order valence-electron chi connectivity index (χ3n) is 3.23. The first kappa shape index (κ1) is 15.3. The molecule has 3 rings (SSSR count). The lowest BCUT2D eigenvalue weighted by molar-refractivity contribution is 0.340. The Kier molecular flexibility index (Phi) is 4.44. The third kappa shape index (κ3) is 3.60. The molecule has 0 unspecified atom stereocenters. The molecule has 3 aromatic rings. The van der Waals surface area contributed by atoms with Gasteiger partial charge in [0.05, 0.1) is 18.4 Å². The summed E-state index contributed by atoms with van der Waals surface area (Å²) in [6.45, 7) is 2.53. The zero-order valence-corrected chi connectivity index (χ0v) is 13.2. The van der Waals surface area contributed by atoms with Crippen LogP contribution in [0.25, 0.3) is 22.7 Å². The molecule has 0 spiro atoms. The molecule has 1 heterocycles. The minimum atomic E-state index is -0.450. The first-order valence-corrected chi connectivity index (χ1v) is 7.55. The van der Waals surface area contributed by atoms with E-state index in [9.17, 15) is 4.79 Å². The van der Waals surface area contributed by atoms with Gasteiger partial charge in [0, 0.05) is 16.1 Å². The van der Waals surface area contributed by atoms with Crippen LogP contribution < -0.4 is 10.4 Å². The van der Waals surface area contributed by atoms with E-state index in [1.54, 1.807) is 24.3 Å². The van der Waals surface area contributed by atoms with Crippen molar-refractivity contribution < 1.29 is 9.15 Å². The molecule has 2 aromatic carbocycles. The van der Waals surface area contributed by atoms with Crippen LogP contribution in [-0.2, 0) is 0 Å². The SMILES string of the molecule is CCOc1ccc(-c2cc(=O)oc(-c3ccc(Cl)cc3)n2)cc1. The van der Waals surface area contributed by atoms with Crippen molar-refractivity contribution in [2.75, 3.05) is 6.61 Å². The van der Waals surface area contributed by atoms with E-state index in [2.05, 4.69) is 4.98 Å². The molecule has 0 aliphatic heterocycles. The molecule has 4 nitrogen and oxygen atoms in total. The molecular formula is C18H14ClNO3. The fourth-order valence-corrected chi connectivity index (χ4v) is 2.28. The standard InChI is InChI=1S/C18H14ClNO3/c1-2-22-15-9-5-12(6-10-15)16-11-17(21)23-18(20-16)13-3-7-14(19)8-4-13/h3-11H,2H2,1H3. The molecule has 0 saturated heterocycles. The highest BCUT2D eigenvalue weighted by atomic mass is 35.5. The van der Waals surface area contributed by atoms with Crippen LogP contribution in [-0.4, -0.2) is 11.6 Å². The van der Waals surface area contributed by atoms with Gasteiger partial charge < -0.3 is 9.15 Å². The predicted molar refractivity (Wildman–Crippen MR) is 89.8 cm³/mol. The number of benzene rings is 2. The molecular weight excluding hydrogens is 314 g/mol. The van der Waals surface area contributed by atoms with Crippen molar-refractivity contribution >= 4 is 11.6 Å². The number of hydrogen-bond acceptors (Lipinski definition) is 4. The Labute approximate surface area is 138 Å². The Hall–Kier alpha value is -2.59. The zero-order chi connectivity index (χ0) is 16.2. The van der Waals surface area contributed by atoms with Crippen LogP contribution in [0.15, 0.2) is 63.8 Å². The first-order valence-electron chi connectivity index (χ1n) is 7.17. The molecule has 0 bridgehead atoms. The normalized spacial score (nSPS) is 10.5. The second-order valence-corrected chi connectivity index (χ2v) is 5.27. The van der Waals surface area contributed by atoms with Crippen molar-refractivity contribution in [2.24, 2.45) is 0 Å². The highest BCUT2D eigenvalue weighted by Gasteiger charge is 2.08. The molecule has 0 atom stereocenters. The van der Waals surface area contributed by atoms with Crippen LogP contribution in [0.1, 0.15) is 6.92 Å². The minimum Gasteiger partial charge on any atom is -0.494 e. The van der Waals surface area contributed by atoms with Crippen LogP contribution in [0, 0.1) is 0 Å². The number of rotatable bonds is 4. The van der Waals surface area contributed by atoms with Crippen molar-refractivity contribution in [3.05, 3.63) is 70.0 Å². The zero-order valence-electron chi connectivity index (χ0n) is 12.5. The molecule has 5 heteroatoms. The Morgan fingerprint density at radius 1 is 1.04 bits per heavy atom. The molecule has 116 valence electrons. The van der Waals surface area contributed by atoms with Crippen molar-refractivity contribution in [3.8, 4) is 28.5 Å². The van der Waals surface area contributed by atoms with E-state index >= 15 is 0 Å². The number of halogens is 1. The number of hydrogen-bond donors (Lipinski definition) is 0. The van der Waals surface area contributed by atoms with Gasteiger partial charge in [0.25, 0.3) is 0 Å². The van der Waals surface area contributed by atoms with Gasteiger partial charge in [0.1, 0.15) is 5.75 Å². The van der Waals surface area contributed by atoms with Gasteiger partial charge in [-0.05, 0) is 55.5 Å². The highest BCUT2D eigenvalue weighted by Crippen LogP contribution is 2.24. The van der Waals surface area contributed by atoms with Gasteiger partial charge in [0.2, 0.25) is 5.89 Å². The summed E-state index contributed by atoms with van der Waals surface area (Å²) in [6.07, 6.45) is 0. The van der Waals surface area contributed by atoms with E-state index in [0.717, 1.165) is 11.3 Å². The summed E-state index contributed by atoms with van der Waals surface area (Å²) < 4.78 is 10.6. The molecule has 0 saturated carbocycles. The van der Waals surface area contributed by atoms with Gasteiger partial charge in [-0.1, -0.05) is 11.6 Å². The van der Waals surface area contributed by atoms with Crippen LogP contribution in [0.3, 0.4) is 0 Å². The Balaban J connectivity index is 2.00. The summed E-state index contributed by atoms with van der Waals surface area (Å²) >= 11 is 5.87. The Bertz CT molecular complexity index is 855. The lowest BCUT2D eigenvalue weighted by Gasteiger charge is -2.06. The maximum atomic E-state index is 11.8. The molecule has 1 aromatic heterocycles. The molecule has 23 heavy (non-hydrogen) atoms. The van der Waals surface area contributed by atoms with Gasteiger partial charge in [-0.15, -0.1) is 0 Å². The average molecular weight is 328 g/mol. The summed E-state index contributed by atoms with van der Waals surface area (Å²) in [5.41, 5.74) is 1.61. The summed E-state index contributed by atoms with van der Waals surface area (Å²) in [4.78, 5) is 16.3. The topological polar surface area (TPSA) is 52.3 Å². The van der Waals surface area contributed by atoms with E-state index in [0.29, 0.717) is 22.9 Å². The minimum absolute atomic E-state index is 0.262. The van der Waals surface area contributed by atoms with Crippen molar-refractivity contribution in [1.82, 2.24) is 4.98 Å². The van der Waals surface area contributed by atoms with Gasteiger partial charge >= 0.3 is 5.63 Å². The molecule has 0 amide bonds. The maximum absolute atomic E-state index is 11.8. The number of aromatic nitrogens is 1. The fraction of sp³-hybridized carbons (Fsp3) is 0.111. The van der Waals surface area contributed by atoms with Gasteiger partial charge in [-0.2, -0.15) is 0 Å².